The Labute approximate surface area is 127 Å². The van der Waals surface area contributed by atoms with Gasteiger partial charge < -0.3 is 10.1 Å². The monoisotopic (exact) mass is 301 g/mol. The van der Waals surface area contributed by atoms with Crippen molar-refractivity contribution in [2.24, 2.45) is 0 Å². The molecule has 22 heavy (non-hydrogen) atoms. The summed E-state index contributed by atoms with van der Waals surface area (Å²) in [6.07, 6.45) is -0.196. The number of amides is 1. The Morgan fingerprint density at radius 2 is 1.68 bits per heavy atom. The summed E-state index contributed by atoms with van der Waals surface area (Å²) in [5.74, 6) is -1.50. The predicted octanol–water partition coefficient (Wildman–Crippen LogP) is 2.23. The van der Waals surface area contributed by atoms with Crippen LogP contribution in [0.15, 0.2) is 54.6 Å². The lowest BCUT2D eigenvalue weighted by Crippen LogP contribution is -2.28. The Kier molecular flexibility index (Phi) is 5.65. The number of ether oxygens (including phenoxy) is 1. The molecular weight excluding hydrogens is 285 g/mol. The summed E-state index contributed by atoms with van der Waals surface area (Å²) >= 11 is 0. The maximum atomic E-state index is 13.4. The molecule has 2 aromatic rings. The summed E-state index contributed by atoms with van der Waals surface area (Å²) in [4.78, 5) is 23.2. The molecule has 0 spiro atoms. The average molecular weight is 301 g/mol. The Balaban J connectivity index is 1.72. The van der Waals surface area contributed by atoms with Gasteiger partial charge >= 0.3 is 5.97 Å². The largest absolute Gasteiger partial charge is 0.455 e. The summed E-state index contributed by atoms with van der Waals surface area (Å²) in [6.45, 7) is -0.00927. The first-order valence-electron chi connectivity index (χ1n) is 6.85. The maximum absolute atomic E-state index is 13.4. The van der Waals surface area contributed by atoms with E-state index >= 15 is 0 Å². The van der Waals surface area contributed by atoms with Crippen molar-refractivity contribution in [1.82, 2.24) is 5.32 Å². The van der Waals surface area contributed by atoms with Gasteiger partial charge in [-0.3, -0.25) is 9.59 Å². The summed E-state index contributed by atoms with van der Waals surface area (Å²) in [5, 5.41) is 2.64. The predicted molar refractivity (Wildman–Crippen MR) is 79.4 cm³/mol. The van der Waals surface area contributed by atoms with Gasteiger partial charge in [-0.2, -0.15) is 0 Å². The minimum Gasteiger partial charge on any atom is -0.455 e. The number of halogens is 1. The fourth-order valence-electron chi connectivity index (χ4n) is 1.84. The maximum Gasteiger partial charge on any atom is 0.310 e. The van der Waals surface area contributed by atoms with E-state index in [1.165, 1.54) is 12.1 Å². The third kappa shape index (κ3) is 5.01. The molecule has 0 fully saturated rings. The van der Waals surface area contributed by atoms with Crippen molar-refractivity contribution in [2.45, 2.75) is 13.0 Å². The zero-order chi connectivity index (χ0) is 15.8. The van der Waals surface area contributed by atoms with Crippen LogP contribution in [0, 0.1) is 5.82 Å². The normalized spacial score (nSPS) is 10.0. The van der Waals surface area contributed by atoms with Gasteiger partial charge in [0.15, 0.2) is 6.61 Å². The minimum atomic E-state index is -0.639. The number of benzene rings is 2. The van der Waals surface area contributed by atoms with Crippen LogP contribution < -0.4 is 5.32 Å². The molecule has 0 saturated carbocycles. The van der Waals surface area contributed by atoms with E-state index < -0.39 is 17.7 Å². The molecule has 4 nitrogen and oxygen atoms in total. The Bertz CT molecular complexity index is 643. The van der Waals surface area contributed by atoms with Gasteiger partial charge in [0.05, 0.1) is 6.42 Å². The first-order valence-corrected chi connectivity index (χ1v) is 6.85. The third-order valence-electron chi connectivity index (χ3n) is 2.99. The summed E-state index contributed by atoms with van der Waals surface area (Å²) in [7, 11) is 0. The molecule has 0 heterocycles. The SMILES string of the molecule is O=C(COC(=O)Cc1ccccc1F)NCc1ccccc1. The van der Waals surface area contributed by atoms with Gasteiger partial charge in [-0.05, 0) is 17.2 Å². The minimum absolute atomic E-state index is 0.196. The molecule has 2 rings (SSSR count). The highest BCUT2D eigenvalue weighted by atomic mass is 19.1. The van der Waals surface area contributed by atoms with Gasteiger partial charge in [0.1, 0.15) is 5.82 Å². The van der Waals surface area contributed by atoms with E-state index in [2.05, 4.69) is 5.32 Å². The highest BCUT2D eigenvalue weighted by Gasteiger charge is 2.10. The molecule has 2 aromatic carbocycles. The van der Waals surface area contributed by atoms with Crippen LogP contribution in [-0.4, -0.2) is 18.5 Å². The van der Waals surface area contributed by atoms with E-state index in [0.717, 1.165) is 5.56 Å². The molecule has 0 radical (unpaired) electrons. The topological polar surface area (TPSA) is 55.4 Å². The second-order valence-corrected chi connectivity index (χ2v) is 4.69. The quantitative estimate of drug-likeness (QED) is 0.832. The van der Waals surface area contributed by atoms with Gasteiger partial charge in [-0.25, -0.2) is 4.39 Å². The molecule has 1 N–H and O–H groups in total. The van der Waals surface area contributed by atoms with Gasteiger partial charge in [0.25, 0.3) is 5.91 Å². The molecule has 114 valence electrons. The Hall–Kier alpha value is -2.69. The average Bonchev–Trinajstić information content (AvgIpc) is 2.54. The van der Waals surface area contributed by atoms with E-state index in [9.17, 15) is 14.0 Å². The number of hydrogen-bond acceptors (Lipinski definition) is 3. The van der Waals surface area contributed by atoms with E-state index in [-0.39, 0.29) is 18.6 Å². The number of rotatable bonds is 6. The summed E-state index contributed by atoms with van der Waals surface area (Å²) < 4.78 is 18.2. The van der Waals surface area contributed by atoms with Gasteiger partial charge in [-0.15, -0.1) is 0 Å². The smallest absolute Gasteiger partial charge is 0.310 e. The number of esters is 1. The zero-order valence-corrected chi connectivity index (χ0v) is 11.9. The number of carbonyl (C=O) groups excluding carboxylic acids is 2. The molecule has 0 aliphatic rings. The molecule has 0 aromatic heterocycles. The van der Waals surface area contributed by atoms with E-state index in [0.29, 0.717) is 6.54 Å². The van der Waals surface area contributed by atoms with Crippen LogP contribution in [-0.2, 0) is 27.3 Å². The summed E-state index contributed by atoms with van der Waals surface area (Å²) in [5.41, 5.74) is 1.20. The van der Waals surface area contributed by atoms with Gasteiger partial charge in [0, 0.05) is 6.54 Å². The Morgan fingerprint density at radius 1 is 1.00 bits per heavy atom. The fraction of sp³-hybridized carbons (Fsp3) is 0.176. The van der Waals surface area contributed by atoms with E-state index in [1.807, 2.05) is 30.3 Å². The molecule has 0 aliphatic carbocycles. The number of hydrogen-bond donors (Lipinski definition) is 1. The van der Waals surface area contributed by atoms with Crippen LogP contribution in [0.2, 0.25) is 0 Å². The van der Waals surface area contributed by atoms with Gasteiger partial charge in [0.2, 0.25) is 0 Å². The second kappa shape index (κ2) is 7.93. The van der Waals surface area contributed by atoms with Crippen molar-refractivity contribution >= 4 is 11.9 Å². The lowest BCUT2D eigenvalue weighted by Gasteiger charge is -2.07. The van der Waals surface area contributed by atoms with E-state index in [1.54, 1.807) is 12.1 Å². The first-order chi connectivity index (χ1) is 10.6. The highest BCUT2D eigenvalue weighted by molar-refractivity contribution is 5.81. The third-order valence-corrected chi connectivity index (χ3v) is 2.99. The lowest BCUT2D eigenvalue weighted by molar-refractivity contribution is -0.147. The first kappa shape index (κ1) is 15.7. The van der Waals surface area contributed by atoms with Crippen molar-refractivity contribution in [1.29, 1.82) is 0 Å². The highest BCUT2D eigenvalue weighted by Crippen LogP contribution is 2.07. The fourth-order valence-corrected chi connectivity index (χ4v) is 1.84. The zero-order valence-electron chi connectivity index (χ0n) is 11.9. The lowest BCUT2D eigenvalue weighted by atomic mass is 10.1. The second-order valence-electron chi connectivity index (χ2n) is 4.69. The molecular formula is C17H16FNO3. The number of nitrogens with one attached hydrogen (secondary N) is 1. The standard InChI is InChI=1S/C17H16FNO3/c18-15-9-5-4-8-14(15)10-17(21)22-12-16(20)19-11-13-6-2-1-3-7-13/h1-9H,10-12H2,(H,19,20). The van der Waals surface area contributed by atoms with Crippen LogP contribution in [0.3, 0.4) is 0 Å². The molecule has 0 atom stereocenters. The van der Waals surface area contributed by atoms with Gasteiger partial charge in [-0.1, -0.05) is 48.5 Å². The van der Waals surface area contributed by atoms with Crippen molar-refractivity contribution in [3.05, 3.63) is 71.5 Å². The number of carbonyl (C=O) groups is 2. The Morgan fingerprint density at radius 3 is 2.41 bits per heavy atom. The molecule has 0 saturated heterocycles. The molecule has 0 unspecified atom stereocenters. The molecule has 0 aliphatic heterocycles. The van der Waals surface area contributed by atoms with Crippen LogP contribution in [0.5, 0.6) is 0 Å². The molecule has 5 heteroatoms. The van der Waals surface area contributed by atoms with Crippen molar-refractivity contribution < 1.29 is 18.7 Å². The molecule has 1 amide bonds. The van der Waals surface area contributed by atoms with Crippen molar-refractivity contribution in [3.8, 4) is 0 Å². The summed E-state index contributed by atoms with van der Waals surface area (Å²) in [6, 6.07) is 15.3. The van der Waals surface area contributed by atoms with Crippen LogP contribution in [0.1, 0.15) is 11.1 Å². The van der Waals surface area contributed by atoms with Crippen molar-refractivity contribution in [2.75, 3.05) is 6.61 Å². The van der Waals surface area contributed by atoms with Crippen molar-refractivity contribution in [3.63, 3.8) is 0 Å². The van der Waals surface area contributed by atoms with Crippen LogP contribution in [0.4, 0.5) is 4.39 Å². The van der Waals surface area contributed by atoms with E-state index in [4.69, 9.17) is 4.74 Å². The van der Waals surface area contributed by atoms with Crippen LogP contribution >= 0.6 is 0 Å². The van der Waals surface area contributed by atoms with Crippen LogP contribution in [0.25, 0.3) is 0 Å². The molecule has 0 bridgehead atoms.